The van der Waals surface area contributed by atoms with E-state index < -0.39 is 11.2 Å². The molecule has 0 fully saturated rings. The van der Waals surface area contributed by atoms with Crippen LogP contribution in [0.15, 0.2) is 48.5 Å². The molecule has 4 aromatic rings. The summed E-state index contributed by atoms with van der Waals surface area (Å²) in [7, 11) is 1.85. The first-order valence-corrected chi connectivity index (χ1v) is 11.4. The van der Waals surface area contributed by atoms with E-state index in [1.807, 2.05) is 32.7 Å². The number of fused-ring (bicyclic) bond motifs is 7. The van der Waals surface area contributed by atoms with E-state index in [1.165, 1.54) is 42.1 Å². The fourth-order valence-electron chi connectivity index (χ4n) is 4.13. The Kier molecular flexibility index (Phi) is 4.59. The Morgan fingerprint density at radius 3 is 2.63 bits per heavy atom. The number of allylic oxidation sites excluding steroid dienone is 1. The third-order valence-electron chi connectivity index (χ3n) is 6.62. The molecule has 0 aliphatic heterocycles. The van der Waals surface area contributed by atoms with Crippen molar-refractivity contribution in [1.29, 1.82) is 0 Å². The van der Waals surface area contributed by atoms with Crippen LogP contribution in [-0.4, -0.2) is 23.8 Å². The van der Waals surface area contributed by atoms with Gasteiger partial charge in [-0.1, -0.05) is 48.6 Å². The van der Waals surface area contributed by atoms with Crippen molar-refractivity contribution in [3.63, 3.8) is 0 Å². The topological polar surface area (TPSA) is 29.5 Å². The molecule has 2 nitrogen and oxygen atoms in total. The molecule has 0 spiro atoms. The minimum absolute atomic E-state index is 0.708. The molecule has 1 N–H and O–H groups in total. The van der Waals surface area contributed by atoms with Gasteiger partial charge < -0.3 is 9.76 Å². The lowest BCUT2D eigenvalue weighted by atomic mass is 9.78. The Hall–Kier alpha value is -2.14. The summed E-state index contributed by atoms with van der Waals surface area (Å²) >= 11 is 1.87. The maximum atomic E-state index is 10.5. The van der Waals surface area contributed by atoms with Gasteiger partial charge in [-0.2, -0.15) is 0 Å². The third kappa shape index (κ3) is 3.10. The molecule has 1 aliphatic rings. The van der Waals surface area contributed by atoms with Crippen LogP contribution in [0.2, 0.25) is 0 Å². The summed E-state index contributed by atoms with van der Waals surface area (Å²) in [5.41, 5.74) is 2.19. The van der Waals surface area contributed by atoms with Gasteiger partial charge in [0.05, 0.1) is 11.2 Å². The van der Waals surface area contributed by atoms with E-state index >= 15 is 0 Å². The van der Waals surface area contributed by atoms with Crippen molar-refractivity contribution >= 4 is 61.3 Å². The van der Waals surface area contributed by atoms with E-state index in [-0.39, 0.29) is 0 Å². The lowest BCUT2D eigenvalue weighted by molar-refractivity contribution is -0.0893. The van der Waals surface area contributed by atoms with E-state index in [1.54, 1.807) is 13.8 Å². The minimum Gasteiger partial charge on any atom is -0.427 e. The van der Waals surface area contributed by atoms with Gasteiger partial charge in [-0.25, -0.2) is 0 Å². The quantitative estimate of drug-likeness (QED) is 0.417. The number of hydrogen-bond acceptors (Lipinski definition) is 3. The molecule has 5 rings (SSSR count). The minimum atomic E-state index is -0.957. The fourth-order valence-corrected chi connectivity index (χ4v) is 5.45. The number of aryl methyl sites for hydroxylation is 1. The molecule has 1 radical (unpaired) electrons. The number of hydrogen-bond donors (Lipinski definition) is 1. The van der Waals surface area contributed by atoms with Gasteiger partial charge in [-0.15, -0.1) is 11.3 Å². The third-order valence-corrected chi connectivity index (χ3v) is 7.80. The number of aliphatic hydroxyl groups is 1. The SMILES string of the molecule is CC(C)(O)C(C)(C)O[B]c1cc2ccc3c(c2c2sc4ccccc4c12)CCC=C3. The standard InChI is InChI=1S/C26H26BO2S/c1-25(2,28)26(3,4)29-27-20-15-17-14-13-16-9-5-6-10-18(16)22(17)24-23(20)19-11-7-8-12-21(19)30-24/h5,7-9,11-15,28H,6,10H2,1-4H3. The molecule has 0 saturated heterocycles. The second-order valence-electron chi connectivity index (χ2n) is 9.25. The summed E-state index contributed by atoms with van der Waals surface area (Å²) in [5.74, 6) is 0. The maximum absolute atomic E-state index is 10.5. The molecule has 4 heteroatoms. The largest absolute Gasteiger partial charge is 0.427 e. The van der Waals surface area contributed by atoms with Crippen LogP contribution in [0, 0.1) is 0 Å². The molecule has 0 atom stereocenters. The molecule has 30 heavy (non-hydrogen) atoms. The maximum Gasteiger partial charge on any atom is 0.331 e. The van der Waals surface area contributed by atoms with Gasteiger partial charge in [0.1, 0.15) is 0 Å². The average molecular weight is 413 g/mol. The Balaban J connectivity index is 1.77. The van der Waals surface area contributed by atoms with Crippen LogP contribution < -0.4 is 5.46 Å². The predicted octanol–water partition coefficient (Wildman–Crippen LogP) is 5.98. The van der Waals surface area contributed by atoms with Crippen LogP contribution in [0.3, 0.4) is 0 Å². The summed E-state index contributed by atoms with van der Waals surface area (Å²) in [5, 5.41) is 15.7. The first kappa shape index (κ1) is 19.8. The van der Waals surface area contributed by atoms with Crippen molar-refractivity contribution in [3.05, 3.63) is 59.7 Å². The van der Waals surface area contributed by atoms with Gasteiger partial charge >= 0.3 is 7.48 Å². The molecule has 1 aromatic heterocycles. The van der Waals surface area contributed by atoms with E-state index in [4.69, 9.17) is 4.65 Å². The van der Waals surface area contributed by atoms with Gasteiger partial charge in [0.25, 0.3) is 0 Å². The van der Waals surface area contributed by atoms with Crippen molar-refractivity contribution < 1.29 is 9.76 Å². The van der Waals surface area contributed by atoms with Gasteiger partial charge in [-0.05, 0) is 79.4 Å². The first-order valence-electron chi connectivity index (χ1n) is 10.6. The highest BCUT2D eigenvalue weighted by Gasteiger charge is 2.36. The highest BCUT2D eigenvalue weighted by atomic mass is 32.1. The van der Waals surface area contributed by atoms with Crippen molar-refractivity contribution in [2.24, 2.45) is 0 Å². The second-order valence-corrected chi connectivity index (χ2v) is 10.3. The fraction of sp³-hybridized carbons (Fsp3) is 0.308. The van der Waals surface area contributed by atoms with Crippen molar-refractivity contribution in [2.45, 2.75) is 51.7 Å². The van der Waals surface area contributed by atoms with Gasteiger partial charge in [0, 0.05) is 14.8 Å². The second kappa shape index (κ2) is 6.95. The number of benzene rings is 3. The van der Waals surface area contributed by atoms with Gasteiger partial charge in [-0.3, -0.25) is 0 Å². The molecule has 151 valence electrons. The number of thiophene rings is 1. The van der Waals surface area contributed by atoms with Crippen LogP contribution in [0.1, 0.15) is 45.2 Å². The van der Waals surface area contributed by atoms with Crippen molar-refractivity contribution in [3.8, 4) is 0 Å². The van der Waals surface area contributed by atoms with Crippen molar-refractivity contribution in [2.75, 3.05) is 0 Å². The van der Waals surface area contributed by atoms with Crippen LogP contribution in [0.5, 0.6) is 0 Å². The summed E-state index contributed by atoms with van der Waals surface area (Å²) < 4.78 is 8.81. The molecule has 0 saturated carbocycles. The molecule has 0 amide bonds. The monoisotopic (exact) mass is 413 g/mol. The molecule has 3 aromatic carbocycles. The van der Waals surface area contributed by atoms with E-state index in [0.29, 0.717) is 0 Å². The summed E-state index contributed by atoms with van der Waals surface area (Å²) in [4.78, 5) is 0. The summed E-state index contributed by atoms with van der Waals surface area (Å²) in [6.45, 7) is 7.43. The van der Waals surface area contributed by atoms with Crippen LogP contribution in [0.4, 0.5) is 0 Å². The molecular formula is C26H26BO2S. The van der Waals surface area contributed by atoms with Crippen LogP contribution >= 0.6 is 11.3 Å². The molecule has 1 heterocycles. The molecule has 0 unspecified atom stereocenters. The Morgan fingerprint density at radius 2 is 1.83 bits per heavy atom. The summed E-state index contributed by atoms with van der Waals surface area (Å²) in [6.07, 6.45) is 6.70. The highest BCUT2D eigenvalue weighted by molar-refractivity contribution is 7.27. The van der Waals surface area contributed by atoms with E-state index in [0.717, 1.165) is 18.3 Å². The van der Waals surface area contributed by atoms with Crippen molar-refractivity contribution in [1.82, 2.24) is 0 Å². The Morgan fingerprint density at radius 1 is 1.03 bits per heavy atom. The van der Waals surface area contributed by atoms with Gasteiger partial charge in [0.15, 0.2) is 0 Å². The zero-order valence-corrected chi connectivity index (χ0v) is 18.8. The van der Waals surface area contributed by atoms with E-state index in [2.05, 4.69) is 54.6 Å². The van der Waals surface area contributed by atoms with Crippen LogP contribution in [0.25, 0.3) is 37.0 Å². The summed E-state index contributed by atoms with van der Waals surface area (Å²) in [6, 6.07) is 15.3. The molecule has 1 aliphatic carbocycles. The zero-order valence-electron chi connectivity index (χ0n) is 18.0. The number of rotatable bonds is 4. The average Bonchev–Trinajstić information content (AvgIpc) is 3.10. The molecule has 0 bridgehead atoms. The lowest BCUT2D eigenvalue weighted by Gasteiger charge is -2.37. The normalized spacial score (nSPS) is 14.6. The molecular weight excluding hydrogens is 387 g/mol. The van der Waals surface area contributed by atoms with Crippen LogP contribution in [-0.2, 0) is 11.1 Å². The predicted molar refractivity (Wildman–Crippen MR) is 131 cm³/mol. The van der Waals surface area contributed by atoms with E-state index in [9.17, 15) is 5.11 Å². The Bertz CT molecular complexity index is 1310. The zero-order chi connectivity index (χ0) is 21.1. The smallest absolute Gasteiger partial charge is 0.331 e. The first-order chi connectivity index (χ1) is 14.3. The lowest BCUT2D eigenvalue weighted by Crippen LogP contribution is -2.49. The Labute approximate surface area is 182 Å². The van der Waals surface area contributed by atoms with Gasteiger partial charge in [0.2, 0.25) is 0 Å². The highest BCUT2D eigenvalue weighted by Crippen LogP contribution is 2.40.